The number of halogens is 3. The molecule has 0 fully saturated rings. The van der Waals surface area contributed by atoms with Gasteiger partial charge in [0.25, 0.3) is 5.91 Å². The van der Waals surface area contributed by atoms with Crippen LogP contribution >= 0.6 is 23.2 Å². The Kier molecular flexibility index (Phi) is 5.65. The minimum Gasteiger partial charge on any atom is -0.347 e. The van der Waals surface area contributed by atoms with Crippen LogP contribution < -0.4 is 10.6 Å². The third kappa shape index (κ3) is 4.47. The molecule has 132 valence electrons. The zero-order valence-electron chi connectivity index (χ0n) is 13.3. The van der Waals surface area contributed by atoms with Crippen molar-refractivity contribution in [3.63, 3.8) is 0 Å². The van der Waals surface area contributed by atoms with Gasteiger partial charge in [0, 0.05) is 12.6 Å². The Bertz CT molecular complexity index is 914. The lowest BCUT2D eigenvalue weighted by molar-refractivity contribution is 0.0946. The molecule has 2 N–H and O–H groups in total. The maximum absolute atomic E-state index is 12.9. The van der Waals surface area contributed by atoms with Gasteiger partial charge in [0.05, 0.1) is 15.7 Å². The SMILES string of the molecule is O=C(NCc1ccc(F)cc1)c1cc(Nc2c(Cl)cccc2Cl)ncn1. The summed E-state index contributed by atoms with van der Waals surface area (Å²) in [7, 11) is 0. The highest BCUT2D eigenvalue weighted by Gasteiger charge is 2.11. The molecule has 0 saturated heterocycles. The fourth-order valence-corrected chi connectivity index (χ4v) is 2.66. The van der Waals surface area contributed by atoms with Crippen molar-refractivity contribution in [2.45, 2.75) is 6.54 Å². The smallest absolute Gasteiger partial charge is 0.270 e. The van der Waals surface area contributed by atoms with Gasteiger partial charge in [-0.05, 0) is 29.8 Å². The number of hydrogen-bond donors (Lipinski definition) is 2. The summed E-state index contributed by atoms with van der Waals surface area (Å²) >= 11 is 12.2. The lowest BCUT2D eigenvalue weighted by atomic mass is 10.2. The van der Waals surface area contributed by atoms with Crippen molar-refractivity contribution in [3.8, 4) is 0 Å². The summed E-state index contributed by atoms with van der Waals surface area (Å²) in [6, 6.07) is 12.5. The van der Waals surface area contributed by atoms with Crippen molar-refractivity contribution in [1.82, 2.24) is 15.3 Å². The first-order chi connectivity index (χ1) is 12.5. The highest BCUT2D eigenvalue weighted by Crippen LogP contribution is 2.31. The summed E-state index contributed by atoms with van der Waals surface area (Å²) in [5.41, 5.74) is 1.44. The predicted octanol–water partition coefficient (Wildman–Crippen LogP) is 4.60. The number of anilines is 2. The lowest BCUT2D eigenvalue weighted by Gasteiger charge is -2.10. The second kappa shape index (κ2) is 8.12. The van der Waals surface area contributed by atoms with Gasteiger partial charge in [-0.2, -0.15) is 0 Å². The van der Waals surface area contributed by atoms with Gasteiger partial charge in [-0.1, -0.05) is 41.4 Å². The number of aromatic nitrogens is 2. The number of nitrogens with one attached hydrogen (secondary N) is 2. The third-order valence-electron chi connectivity index (χ3n) is 3.48. The average Bonchev–Trinajstić information content (AvgIpc) is 2.64. The monoisotopic (exact) mass is 390 g/mol. The Labute approximate surface area is 159 Å². The van der Waals surface area contributed by atoms with E-state index in [1.165, 1.54) is 24.5 Å². The summed E-state index contributed by atoms with van der Waals surface area (Å²) < 4.78 is 12.9. The topological polar surface area (TPSA) is 66.9 Å². The summed E-state index contributed by atoms with van der Waals surface area (Å²) in [6.45, 7) is 0.252. The van der Waals surface area contributed by atoms with Crippen molar-refractivity contribution in [1.29, 1.82) is 0 Å². The second-order valence-electron chi connectivity index (χ2n) is 5.32. The van der Waals surface area contributed by atoms with Crippen molar-refractivity contribution >= 4 is 40.6 Å². The standard InChI is InChI=1S/C18H13Cl2FN4O/c19-13-2-1-3-14(20)17(13)25-16-8-15(23-10-24-16)18(26)22-9-11-4-6-12(21)7-5-11/h1-8,10H,9H2,(H,22,26)(H,23,24,25). The van der Waals surface area contributed by atoms with Crippen LogP contribution in [0, 0.1) is 5.82 Å². The van der Waals surface area contributed by atoms with Crippen molar-refractivity contribution in [2.75, 3.05) is 5.32 Å². The number of carbonyl (C=O) groups is 1. The number of carbonyl (C=O) groups excluding carboxylic acids is 1. The molecule has 1 amide bonds. The molecule has 0 spiro atoms. The quantitative estimate of drug-likeness (QED) is 0.668. The normalized spacial score (nSPS) is 10.4. The molecule has 1 heterocycles. The summed E-state index contributed by atoms with van der Waals surface area (Å²) in [5.74, 6) is -0.336. The maximum atomic E-state index is 12.9. The number of benzene rings is 2. The Hall–Kier alpha value is -2.70. The van der Waals surface area contributed by atoms with Crippen molar-refractivity contribution in [2.24, 2.45) is 0 Å². The van der Waals surface area contributed by atoms with Crippen LogP contribution in [0.3, 0.4) is 0 Å². The van der Waals surface area contributed by atoms with Gasteiger partial charge < -0.3 is 10.6 Å². The zero-order valence-corrected chi connectivity index (χ0v) is 14.9. The Balaban J connectivity index is 1.70. The fourth-order valence-electron chi connectivity index (χ4n) is 2.17. The highest BCUT2D eigenvalue weighted by atomic mass is 35.5. The van der Waals surface area contributed by atoms with Crippen LogP contribution in [-0.4, -0.2) is 15.9 Å². The van der Waals surface area contributed by atoms with Crippen LogP contribution in [0.2, 0.25) is 10.0 Å². The Morgan fingerprint density at radius 1 is 1.04 bits per heavy atom. The Morgan fingerprint density at radius 2 is 1.73 bits per heavy atom. The molecule has 26 heavy (non-hydrogen) atoms. The van der Waals surface area contributed by atoms with Crippen LogP contribution in [0.1, 0.15) is 16.1 Å². The highest BCUT2D eigenvalue weighted by molar-refractivity contribution is 6.39. The van der Waals surface area contributed by atoms with Gasteiger partial charge in [0.2, 0.25) is 0 Å². The first-order valence-electron chi connectivity index (χ1n) is 7.58. The van der Waals surface area contributed by atoms with Gasteiger partial charge in [-0.25, -0.2) is 14.4 Å². The van der Waals surface area contributed by atoms with Gasteiger partial charge in [0.1, 0.15) is 23.7 Å². The third-order valence-corrected chi connectivity index (χ3v) is 4.11. The van der Waals surface area contributed by atoms with Gasteiger partial charge >= 0.3 is 0 Å². The Morgan fingerprint density at radius 3 is 2.42 bits per heavy atom. The van der Waals surface area contributed by atoms with Crippen LogP contribution in [0.25, 0.3) is 0 Å². The second-order valence-corrected chi connectivity index (χ2v) is 6.13. The van der Waals surface area contributed by atoms with E-state index in [0.717, 1.165) is 5.56 Å². The molecular formula is C18H13Cl2FN4O. The molecule has 1 aromatic heterocycles. The largest absolute Gasteiger partial charge is 0.347 e. The van der Waals surface area contributed by atoms with E-state index < -0.39 is 0 Å². The minimum absolute atomic E-state index is 0.174. The number of nitrogens with zero attached hydrogens (tertiary/aromatic N) is 2. The molecular weight excluding hydrogens is 378 g/mol. The average molecular weight is 391 g/mol. The molecule has 0 aliphatic rings. The molecule has 0 bridgehead atoms. The van der Waals surface area contributed by atoms with Crippen LogP contribution in [0.15, 0.2) is 54.9 Å². The zero-order chi connectivity index (χ0) is 18.5. The summed E-state index contributed by atoms with van der Waals surface area (Å²) in [4.78, 5) is 20.3. The van der Waals surface area contributed by atoms with E-state index in [4.69, 9.17) is 23.2 Å². The lowest BCUT2D eigenvalue weighted by Crippen LogP contribution is -2.24. The van der Waals surface area contributed by atoms with E-state index in [1.807, 2.05) is 0 Å². The molecule has 0 radical (unpaired) electrons. The van der Waals surface area contributed by atoms with E-state index in [0.29, 0.717) is 21.6 Å². The summed E-state index contributed by atoms with van der Waals surface area (Å²) in [5, 5.41) is 6.55. The maximum Gasteiger partial charge on any atom is 0.270 e. The molecule has 3 rings (SSSR count). The van der Waals surface area contributed by atoms with Crippen LogP contribution in [-0.2, 0) is 6.54 Å². The van der Waals surface area contributed by atoms with Crippen molar-refractivity contribution in [3.05, 3.63) is 82.0 Å². The molecule has 0 aliphatic carbocycles. The predicted molar refractivity (Wildman–Crippen MR) is 99.3 cm³/mol. The van der Waals surface area contributed by atoms with Gasteiger partial charge in [-0.3, -0.25) is 4.79 Å². The number of amides is 1. The molecule has 5 nitrogen and oxygen atoms in total. The molecule has 0 saturated carbocycles. The van der Waals surface area contributed by atoms with Gasteiger partial charge in [0.15, 0.2) is 0 Å². The van der Waals surface area contributed by atoms with Crippen LogP contribution in [0.5, 0.6) is 0 Å². The first kappa shape index (κ1) is 18.1. The fraction of sp³-hybridized carbons (Fsp3) is 0.0556. The molecule has 0 aliphatic heterocycles. The van der Waals surface area contributed by atoms with E-state index in [1.54, 1.807) is 30.3 Å². The number of hydrogen-bond acceptors (Lipinski definition) is 4. The van der Waals surface area contributed by atoms with E-state index in [2.05, 4.69) is 20.6 Å². The summed E-state index contributed by atoms with van der Waals surface area (Å²) in [6.07, 6.45) is 1.26. The molecule has 2 aromatic carbocycles. The van der Waals surface area contributed by atoms with Crippen molar-refractivity contribution < 1.29 is 9.18 Å². The number of rotatable bonds is 5. The van der Waals surface area contributed by atoms with E-state index in [-0.39, 0.29) is 24.0 Å². The molecule has 0 unspecified atom stereocenters. The number of para-hydroxylation sites is 1. The molecule has 8 heteroatoms. The first-order valence-corrected chi connectivity index (χ1v) is 8.34. The van der Waals surface area contributed by atoms with E-state index >= 15 is 0 Å². The van der Waals surface area contributed by atoms with E-state index in [9.17, 15) is 9.18 Å². The van der Waals surface area contributed by atoms with Crippen LogP contribution in [0.4, 0.5) is 15.9 Å². The van der Waals surface area contributed by atoms with Gasteiger partial charge in [-0.15, -0.1) is 0 Å². The minimum atomic E-state index is -0.384. The molecule has 3 aromatic rings. The molecule has 0 atom stereocenters.